The average Bonchev–Trinajstić information content (AvgIpc) is 3.95. The van der Waals surface area contributed by atoms with Gasteiger partial charge in [-0.25, -0.2) is 0 Å². The van der Waals surface area contributed by atoms with Crippen molar-refractivity contribution in [2.45, 2.75) is 74.5 Å². The number of benzene rings is 6. The molecule has 3 aliphatic rings. The molecule has 0 amide bonds. The molecular weight excluding hydrogens is 839 g/mol. The summed E-state index contributed by atoms with van der Waals surface area (Å²) in [5, 5.41) is 2.98. The van der Waals surface area contributed by atoms with Crippen LogP contribution in [0, 0.1) is 11.8 Å². The van der Waals surface area contributed by atoms with Crippen LogP contribution in [0.1, 0.15) is 95.0 Å². The van der Waals surface area contributed by atoms with Crippen molar-refractivity contribution in [3.8, 4) is 33.4 Å². The van der Waals surface area contributed by atoms with E-state index in [-0.39, 0.29) is 19.1 Å². The van der Waals surface area contributed by atoms with Gasteiger partial charge in [-0.2, -0.15) is 0 Å². The molecule has 0 spiro atoms. The molecule has 0 aromatic heterocycles. The summed E-state index contributed by atoms with van der Waals surface area (Å²) >= 11 is -5.67. The monoisotopic (exact) mass is 891 g/mol. The van der Waals surface area contributed by atoms with Crippen LogP contribution in [0.2, 0.25) is 0 Å². The minimum absolute atomic E-state index is 0.101. The van der Waals surface area contributed by atoms with E-state index in [1.54, 1.807) is 0 Å². The van der Waals surface area contributed by atoms with Crippen molar-refractivity contribution in [3.05, 3.63) is 172 Å². The fraction of sp³-hybridized carbons (Fsp3) is 0.259. The van der Waals surface area contributed by atoms with Crippen molar-refractivity contribution in [1.29, 1.82) is 0 Å². The van der Waals surface area contributed by atoms with Gasteiger partial charge in [-0.15, -0.1) is 0 Å². The number of hydrogen-bond donors (Lipinski definition) is 0. The van der Waals surface area contributed by atoms with E-state index in [9.17, 15) is 17.0 Å². The van der Waals surface area contributed by atoms with Crippen molar-refractivity contribution in [1.82, 2.24) is 0 Å². The van der Waals surface area contributed by atoms with Gasteiger partial charge in [0.05, 0.1) is 0 Å². The van der Waals surface area contributed by atoms with E-state index in [1.165, 1.54) is 91.6 Å². The van der Waals surface area contributed by atoms with Gasteiger partial charge in [0.15, 0.2) is 0 Å². The van der Waals surface area contributed by atoms with Gasteiger partial charge in [-0.05, 0) is 0 Å². The van der Waals surface area contributed by atoms with Crippen LogP contribution in [0.15, 0.2) is 139 Å². The van der Waals surface area contributed by atoms with E-state index in [4.69, 9.17) is 0 Å². The van der Waals surface area contributed by atoms with Crippen LogP contribution in [-0.4, -0.2) is 9.52 Å². The third kappa shape index (κ3) is 6.22. The summed E-state index contributed by atoms with van der Waals surface area (Å²) in [5.74, 6) is 0.512. The summed E-state index contributed by atoms with van der Waals surface area (Å²) in [6.45, 7) is 14.1. The molecule has 1 heterocycles. The van der Waals surface area contributed by atoms with Crippen LogP contribution in [-0.2, 0) is 29.2 Å². The fourth-order valence-corrected chi connectivity index (χ4v) is 39.4. The van der Waals surface area contributed by atoms with Crippen molar-refractivity contribution in [2.75, 3.05) is 0 Å². The molecule has 9 rings (SSSR count). The zero-order valence-electron chi connectivity index (χ0n) is 34.9. The Kier molecular flexibility index (Phi) is 10.7. The quantitative estimate of drug-likeness (QED) is 0.114. The van der Waals surface area contributed by atoms with Gasteiger partial charge in [-0.1, -0.05) is 0 Å². The zero-order chi connectivity index (χ0) is 40.4. The summed E-state index contributed by atoms with van der Waals surface area (Å²) in [5.41, 5.74) is 18.9. The van der Waals surface area contributed by atoms with Gasteiger partial charge in [0.25, 0.3) is 0 Å². The van der Waals surface area contributed by atoms with E-state index < -0.39 is 25.9 Å². The number of hydrogen-bond acceptors (Lipinski definition) is 0. The molecule has 0 fully saturated rings. The molecule has 4 heteroatoms. The fourth-order valence-electron chi connectivity index (χ4n) is 11.1. The van der Waals surface area contributed by atoms with E-state index >= 15 is 0 Å². The van der Waals surface area contributed by atoms with Crippen molar-refractivity contribution < 1.29 is 16.4 Å². The van der Waals surface area contributed by atoms with Gasteiger partial charge in [-0.3, -0.25) is 0 Å². The molecule has 0 N–H and O–H groups in total. The Morgan fingerprint density at radius 1 is 0.534 bits per heavy atom. The molecule has 2 aliphatic carbocycles. The van der Waals surface area contributed by atoms with Crippen LogP contribution < -0.4 is 13.6 Å². The maximum absolute atomic E-state index is 9.41. The van der Waals surface area contributed by atoms with Gasteiger partial charge < -0.3 is 0 Å². The topological polar surface area (TPSA) is 0 Å². The summed E-state index contributed by atoms with van der Waals surface area (Å²) in [6.07, 6.45) is 9.33. The third-order valence-corrected chi connectivity index (χ3v) is 36.2. The first-order valence-corrected chi connectivity index (χ1v) is 33.5. The Morgan fingerprint density at radius 2 is 1.00 bits per heavy atom. The second-order valence-corrected chi connectivity index (χ2v) is 40.1. The Hall–Kier alpha value is -3.52. The Morgan fingerprint density at radius 3 is 1.48 bits per heavy atom. The standard InChI is InChI=1S/2C21H23.C12H9Si.2ClH.Zr/c2*1-4-8-16-11-12-18-13-19(15(2)3)14-20(18)21(16)17-9-6-5-7-10-17;1-3-7-11-9(5-1)10-6-2-4-8-12(10)13-11;;;/h2*5-7,9-15H,4,8H2,1-3H3;1-7H,13H2;2*1H;/q;;;;;+2/p-2. The maximum atomic E-state index is 9.41. The van der Waals surface area contributed by atoms with Crippen LogP contribution in [0.5, 0.6) is 0 Å². The summed E-state index contributed by atoms with van der Waals surface area (Å²) in [6, 6.07) is 48.0. The van der Waals surface area contributed by atoms with E-state index in [1.807, 2.05) is 0 Å². The van der Waals surface area contributed by atoms with Gasteiger partial charge >= 0.3 is 360 Å². The predicted molar refractivity (Wildman–Crippen MR) is 254 cm³/mol. The number of fused-ring (bicyclic) bond motifs is 5. The summed E-state index contributed by atoms with van der Waals surface area (Å²) < 4.78 is 1.10. The Labute approximate surface area is 357 Å². The SMILES string of the molecule is CCCc1ccc2c(c1-c1ccccc1)C=C(C(C)C)[CH]2[Zr]([Cl])([Cl])([c]1cccc2c1[SiH2]c1ccccc1-2)[CH]1C(C(C)C)=Cc2c1ccc(CCC)c2-c1ccccc1. The van der Waals surface area contributed by atoms with Crippen molar-refractivity contribution in [3.63, 3.8) is 0 Å². The van der Waals surface area contributed by atoms with Crippen molar-refractivity contribution in [2.24, 2.45) is 11.8 Å². The number of aryl methyl sites for hydroxylation is 2. The molecule has 58 heavy (non-hydrogen) atoms. The summed E-state index contributed by atoms with van der Waals surface area (Å²) in [4.78, 5) is 0. The molecule has 0 saturated heterocycles. The molecule has 293 valence electrons. The molecule has 2 unspecified atom stereocenters. The van der Waals surface area contributed by atoms with Crippen LogP contribution in [0.4, 0.5) is 0 Å². The predicted octanol–water partition coefficient (Wildman–Crippen LogP) is 13.2. The van der Waals surface area contributed by atoms with Gasteiger partial charge in [0, 0.05) is 0 Å². The van der Waals surface area contributed by atoms with Crippen LogP contribution in [0.25, 0.3) is 45.5 Å². The molecule has 0 nitrogen and oxygen atoms in total. The number of halogens is 2. The Balaban J connectivity index is 1.40. The molecule has 1 aliphatic heterocycles. The molecular formula is C54H55Cl2SiZr. The first-order valence-electron chi connectivity index (χ1n) is 21.7. The number of rotatable bonds is 11. The van der Waals surface area contributed by atoms with E-state index in [0.29, 0.717) is 0 Å². The molecule has 2 atom stereocenters. The average molecular weight is 894 g/mol. The minimum atomic E-state index is -5.67. The van der Waals surface area contributed by atoms with Gasteiger partial charge in [0.1, 0.15) is 0 Å². The third-order valence-electron chi connectivity index (χ3n) is 13.6. The normalized spacial score (nSPS) is 17.8. The van der Waals surface area contributed by atoms with Crippen molar-refractivity contribution >= 4 is 52.3 Å². The van der Waals surface area contributed by atoms with Crippen LogP contribution >= 0.6 is 17.0 Å². The molecule has 0 bridgehead atoms. The summed E-state index contributed by atoms with van der Waals surface area (Å²) in [7, 11) is 17.9. The number of allylic oxidation sites excluding steroid dienone is 2. The zero-order valence-corrected chi connectivity index (χ0v) is 40.3. The molecule has 0 saturated carbocycles. The van der Waals surface area contributed by atoms with Crippen LogP contribution in [0.3, 0.4) is 0 Å². The molecule has 6 aromatic carbocycles. The van der Waals surface area contributed by atoms with E-state index in [0.717, 1.165) is 25.7 Å². The molecule has 0 radical (unpaired) electrons. The first-order chi connectivity index (χ1) is 28.1. The van der Waals surface area contributed by atoms with Gasteiger partial charge in [0.2, 0.25) is 0 Å². The second kappa shape index (κ2) is 15.5. The molecule has 6 aromatic rings. The first kappa shape index (κ1) is 39.9. The Bertz CT molecular complexity index is 2490. The van der Waals surface area contributed by atoms with E-state index in [2.05, 4.69) is 181 Å². The second-order valence-electron chi connectivity index (χ2n) is 17.7.